The third-order valence-corrected chi connectivity index (χ3v) is 6.28. The predicted octanol–water partition coefficient (Wildman–Crippen LogP) is 2.38. The van der Waals surface area contributed by atoms with Gasteiger partial charge in [0.15, 0.2) is 0 Å². The van der Waals surface area contributed by atoms with E-state index in [0.717, 1.165) is 68.3 Å². The number of piperidine rings is 2. The van der Waals surface area contributed by atoms with Gasteiger partial charge in [0.05, 0.1) is 5.69 Å². The van der Waals surface area contributed by atoms with Gasteiger partial charge in [0.25, 0.3) is 5.71 Å². The summed E-state index contributed by atoms with van der Waals surface area (Å²) in [5, 5.41) is 8.04. The second kappa shape index (κ2) is 9.07. The van der Waals surface area contributed by atoms with Gasteiger partial charge in [-0.05, 0) is 58.0 Å². The highest BCUT2D eigenvalue weighted by Crippen LogP contribution is 2.29. The van der Waals surface area contributed by atoms with E-state index in [0.29, 0.717) is 5.71 Å². The van der Waals surface area contributed by atoms with Gasteiger partial charge >= 0.3 is 0 Å². The molecular formula is C21H32N6O2. The van der Waals surface area contributed by atoms with Crippen LogP contribution in [0.2, 0.25) is 0 Å². The van der Waals surface area contributed by atoms with Crippen molar-refractivity contribution in [1.29, 1.82) is 0 Å². The second-order valence-electron chi connectivity index (χ2n) is 8.60. The first-order valence-corrected chi connectivity index (χ1v) is 10.9. The Balaban J connectivity index is 1.22. The van der Waals surface area contributed by atoms with Gasteiger partial charge in [-0.15, -0.1) is 0 Å². The highest BCUT2D eigenvalue weighted by molar-refractivity contribution is 5.88. The van der Waals surface area contributed by atoms with Crippen LogP contribution in [0.5, 0.6) is 0 Å². The molecular weight excluding hydrogens is 368 g/mol. The van der Waals surface area contributed by atoms with Crippen molar-refractivity contribution >= 4 is 22.8 Å². The summed E-state index contributed by atoms with van der Waals surface area (Å²) in [6.07, 6.45) is 6.88. The Labute approximate surface area is 172 Å². The Bertz CT molecular complexity index is 830. The average molecular weight is 401 g/mol. The summed E-state index contributed by atoms with van der Waals surface area (Å²) in [6, 6.07) is 0. The van der Waals surface area contributed by atoms with Crippen LogP contribution in [0.1, 0.15) is 44.7 Å². The zero-order chi connectivity index (χ0) is 20.2. The van der Waals surface area contributed by atoms with E-state index < -0.39 is 0 Å². The molecule has 2 aliphatic heterocycles. The summed E-state index contributed by atoms with van der Waals surface area (Å²) in [5.41, 5.74) is 1.33. The van der Waals surface area contributed by atoms with Crippen LogP contribution in [-0.4, -0.2) is 65.2 Å². The number of likely N-dealkylation sites (tertiary alicyclic amines) is 1. The van der Waals surface area contributed by atoms with E-state index in [1.807, 2.05) is 6.92 Å². The first-order valence-electron chi connectivity index (χ1n) is 10.9. The van der Waals surface area contributed by atoms with E-state index >= 15 is 0 Å². The zero-order valence-corrected chi connectivity index (χ0v) is 17.6. The Morgan fingerprint density at radius 2 is 2.07 bits per heavy atom. The molecule has 4 heterocycles. The van der Waals surface area contributed by atoms with Gasteiger partial charge in [0, 0.05) is 32.1 Å². The number of carbonyl (C=O) groups is 1. The molecule has 0 spiro atoms. The fourth-order valence-electron chi connectivity index (χ4n) is 4.65. The van der Waals surface area contributed by atoms with E-state index in [4.69, 9.17) is 4.52 Å². The molecule has 0 radical (unpaired) electrons. The lowest BCUT2D eigenvalue weighted by Gasteiger charge is -2.32. The molecule has 29 heavy (non-hydrogen) atoms. The number of rotatable bonds is 6. The maximum Gasteiger partial charge on any atom is 0.263 e. The van der Waals surface area contributed by atoms with Crippen LogP contribution in [0, 0.1) is 18.8 Å². The van der Waals surface area contributed by atoms with Crippen molar-refractivity contribution in [2.45, 2.75) is 46.0 Å². The van der Waals surface area contributed by atoms with Crippen molar-refractivity contribution < 1.29 is 9.32 Å². The number of aryl methyl sites for hydroxylation is 1. The fraction of sp³-hybridized carbons (Fsp3) is 0.714. The van der Waals surface area contributed by atoms with Gasteiger partial charge < -0.3 is 19.6 Å². The van der Waals surface area contributed by atoms with Crippen LogP contribution in [0.3, 0.4) is 0 Å². The fourth-order valence-corrected chi connectivity index (χ4v) is 4.65. The molecule has 1 atom stereocenters. The molecule has 8 heteroatoms. The van der Waals surface area contributed by atoms with Gasteiger partial charge in [-0.3, -0.25) is 4.79 Å². The van der Waals surface area contributed by atoms with E-state index in [-0.39, 0.29) is 11.8 Å². The van der Waals surface area contributed by atoms with Gasteiger partial charge in [-0.2, -0.15) is 4.98 Å². The number of anilines is 1. The van der Waals surface area contributed by atoms with Gasteiger partial charge in [-0.25, -0.2) is 4.98 Å². The molecule has 2 saturated heterocycles. The number of amides is 1. The molecule has 1 unspecified atom stereocenters. The third-order valence-electron chi connectivity index (χ3n) is 6.28. The van der Waals surface area contributed by atoms with Crippen molar-refractivity contribution in [3.63, 3.8) is 0 Å². The summed E-state index contributed by atoms with van der Waals surface area (Å²) in [5.74, 6) is 1.96. The van der Waals surface area contributed by atoms with E-state index in [2.05, 4.69) is 37.2 Å². The first-order chi connectivity index (χ1) is 14.1. The zero-order valence-electron chi connectivity index (χ0n) is 17.6. The minimum absolute atomic E-state index is 0.0853. The summed E-state index contributed by atoms with van der Waals surface area (Å²) in [7, 11) is 0. The van der Waals surface area contributed by atoms with Crippen molar-refractivity contribution in [3.05, 3.63) is 12.0 Å². The smallest absolute Gasteiger partial charge is 0.263 e. The molecule has 158 valence electrons. The Hall–Kier alpha value is -2.22. The molecule has 2 aliphatic rings. The molecule has 2 aromatic heterocycles. The monoisotopic (exact) mass is 400 g/mol. The largest absolute Gasteiger partial charge is 0.356 e. The topological polar surface area (TPSA) is 87.4 Å². The van der Waals surface area contributed by atoms with E-state index in [1.165, 1.54) is 32.3 Å². The molecule has 0 aromatic carbocycles. The maximum absolute atomic E-state index is 12.6. The lowest BCUT2D eigenvalue weighted by atomic mass is 9.95. The van der Waals surface area contributed by atoms with Gasteiger partial charge in [0.2, 0.25) is 5.91 Å². The number of hydrogen-bond donors (Lipinski definition) is 1. The molecule has 4 rings (SSSR count). The Morgan fingerprint density at radius 1 is 1.24 bits per heavy atom. The van der Waals surface area contributed by atoms with Gasteiger partial charge in [0.1, 0.15) is 17.5 Å². The quantitative estimate of drug-likeness (QED) is 0.745. The Morgan fingerprint density at radius 3 is 2.86 bits per heavy atom. The molecule has 1 amide bonds. The number of hydrogen-bond acceptors (Lipinski definition) is 7. The van der Waals surface area contributed by atoms with Crippen LogP contribution in [0.25, 0.3) is 11.1 Å². The van der Waals surface area contributed by atoms with Crippen molar-refractivity contribution in [2.24, 2.45) is 11.8 Å². The molecule has 2 fully saturated rings. The van der Waals surface area contributed by atoms with Crippen LogP contribution < -0.4 is 10.2 Å². The van der Waals surface area contributed by atoms with E-state index in [9.17, 15) is 4.79 Å². The minimum atomic E-state index is 0.0853. The summed E-state index contributed by atoms with van der Waals surface area (Å²) >= 11 is 0. The number of aromatic nitrogens is 3. The van der Waals surface area contributed by atoms with Crippen molar-refractivity contribution in [2.75, 3.05) is 44.2 Å². The van der Waals surface area contributed by atoms with Gasteiger partial charge in [-0.1, -0.05) is 12.1 Å². The normalized spacial score (nSPS) is 21.6. The van der Waals surface area contributed by atoms with Crippen molar-refractivity contribution in [1.82, 2.24) is 25.3 Å². The SMILES string of the molecule is Cc1noc2ncnc(N3CCC(C(=O)NCCCN4CCCC(C)C4)CC3)c12. The summed E-state index contributed by atoms with van der Waals surface area (Å²) in [6.45, 7) is 10.1. The summed E-state index contributed by atoms with van der Waals surface area (Å²) < 4.78 is 5.25. The molecule has 2 aromatic rings. The lowest BCUT2D eigenvalue weighted by molar-refractivity contribution is -0.125. The number of nitrogens with zero attached hydrogens (tertiary/aromatic N) is 5. The molecule has 8 nitrogen and oxygen atoms in total. The average Bonchev–Trinajstić information content (AvgIpc) is 3.12. The van der Waals surface area contributed by atoms with E-state index in [1.54, 1.807) is 0 Å². The standard InChI is InChI=1S/C21H32N6O2/c1-15-5-3-9-26(13-15)10-4-8-22-20(28)17-6-11-27(12-7-17)19-18-16(2)25-29-21(18)24-14-23-19/h14-15,17H,3-13H2,1-2H3,(H,22,28). The lowest BCUT2D eigenvalue weighted by Crippen LogP contribution is -2.42. The number of nitrogens with one attached hydrogen (secondary N) is 1. The van der Waals surface area contributed by atoms with Crippen LogP contribution in [0.15, 0.2) is 10.9 Å². The first kappa shape index (κ1) is 20.1. The predicted molar refractivity (Wildman–Crippen MR) is 112 cm³/mol. The Kier molecular flexibility index (Phi) is 6.28. The van der Waals surface area contributed by atoms with Crippen molar-refractivity contribution in [3.8, 4) is 0 Å². The highest BCUT2D eigenvalue weighted by Gasteiger charge is 2.27. The highest BCUT2D eigenvalue weighted by atomic mass is 16.5. The number of fused-ring (bicyclic) bond motifs is 1. The maximum atomic E-state index is 12.6. The molecule has 0 saturated carbocycles. The number of carbonyl (C=O) groups excluding carboxylic acids is 1. The minimum Gasteiger partial charge on any atom is -0.356 e. The molecule has 1 N–H and O–H groups in total. The summed E-state index contributed by atoms with van der Waals surface area (Å²) in [4.78, 5) is 25.9. The van der Waals surface area contributed by atoms with Crippen LogP contribution >= 0.6 is 0 Å². The van der Waals surface area contributed by atoms with Crippen LogP contribution in [-0.2, 0) is 4.79 Å². The second-order valence-corrected chi connectivity index (χ2v) is 8.60. The third kappa shape index (κ3) is 4.69. The molecule has 0 aliphatic carbocycles. The molecule has 0 bridgehead atoms. The van der Waals surface area contributed by atoms with Crippen LogP contribution in [0.4, 0.5) is 5.82 Å².